The minimum atomic E-state index is -3.79. The summed E-state index contributed by atoms with van der Waals surface area (Å²) in [6, 6.07) is 13.2. The van der Waals surface area contributed by atoms with Crippen molar-refractivity contribution >= 4 is 67.2 Å². The third kappa shape index (κ3) is 4.82. The van der Waals surface area contributed by atoms with Crippen molar-refractivity contribution in [3.05, 3.63) is 76.2 Å². The predicted molar refractivity (Wildman–Crippen MR) is 124 cm³/mol. The lowest BCUT2D eigenvalue weighted by Crippen LogP contribution is -2.19. The van der Waals surface area contributed by atoms with Crippen LogP contribution in [-0.2, 0) is 9.84 Å². The van der Waals surface area contributed by atoms with Crippen molar-refractivity contribution in [3.8, 4) is 0 Å². The zero-order valence-corrected chi connectivity index (χ0v) is 19.1. The first kappa shape index (κ1) is 22.7. The number of furan rings is 1. The summed E-state index contributed by atoms with van der Waals surface area (Å²) < 4.78 is 29.2. The smallest absolute Gasteiger partial charge is 0.293 e. The Labute approximate surface area is 197 Å². The zero-order valence-electron chi connectivity index (χ0n) is 16.8. The highest BCUT2D eigenvalue weighted by atomic mass is 35.5. The minimum absolute atomic E-state index is 0.0608. The van der Waals surface area contributed by atoms with Crippen molar-refractivity contribution in [1.29, 1.82) is 0 Å². The largest absolute Gasteiger partial charge is 0.449 e. The molecular formula is C21H14Cl2N4O5S. The number of hydrogen-bond donors (Lipinski definition) is 2. The van der Waals surface area contributed by atoms with Crippen LogP contribution >= 0.6 is 23.2 Å². The predicted octanol–water partition coefficient (Wildman–Crippen LogP) is 4.44. The van der Waals surface area contributed by atoms with Crippen LogP contribution in [0.5, 0.6) is 0 Å². The van der Waals surface area contributed by atoms with Gasteiger partial charge in [-0.1, -0.05) is 41.4 Å². The third-order valence-electron chi connectivity index (χ3n) is 4.39. The molecule has 4 rings (SSSR count). The van der Waals surface area contributed by atoms with Crippen molar-refractivity contribution in [2.75, 3.05) is 16.9 Å². The van der Waals surface area contributed by atoms with Crippen LogP contribution in [0.3, 0.4) is 0 Å². The second-order valence-corrected chi connectivity index (χ2v) is 9.60. The standard InChI is InChI=1S/C21H14Cl2N4O5S/c1-33(30,31)21-24-10-14(23)17(27-21)19(28)26-16-13-7-2-3-8-15(13)32-18(16)20(29)25-12-6-4-5-11(22)9-12/h2-10H,1H3,(H,25,29)(H,26,28). The molecule has 12 heteroatoms. The summed E-state index contributed by atoms with van der Waals surface area (Å²) >= 11 is 12.0. The van der Waals surface area contributed by atoms with Gasteiger partial charge >= 0.3 is 0 Å². The van der Waals surface area contributed by atoms with E-state index in [0.29, 0.717) is 21.7 Å². The summed E-state index contributed by atoms with van der Waals surface area (Å²) in [6.45, 7) is 0. The molecule has 33 heavy (non-hydrogen) atoms. The van der Waals surface area contributed by atoms with E-state index in [9.17, 15) is 18.0 Å². The van der Waals surface area contributed by atoms with Crippen LogP contribution in [0.15, 0.2) is 64.3 Å². The molecule has 4 aromatic rings. The number of hydrogen-bond acceptors (Lipinski definition) is 7. The number of aromatic nitrogens is 2. The van der Waals surface area contributed by atoms with Gasteiger partial charge in [0.25, 0.3) is 11.8 Å². The summed E-state index contributed by atoms with van der Waals surface area (Å²) in [7, 11) is -3.79. The maximum atomic E-state index is 13.0. The van der Waals surface area contributed by atoms with Crippen molar-refractivity contribution < 1.29 is 22.4 Å². The van der Waals surface area contributed by atoms with E-state index in [-0.39, 0.29) is 22.2 Å². The van der Waals surface area contributed by atoms with Gasteiger partial charge in [0.05, 0.1) is 11.2 Å². The van der Waals surface area contributed by atoms with Crippen LogP contribution in [0.2, 0.25) is 10.0 Å². The number of carbonyl (C=O) groups is 2. The van der Waals surface area contributed by atoms with Gasteiger partial charge < -0.3 is 15.1 Å². The number of benzene rings is 2. The minimum Gasteiger partial charge on any atom is -0.449 e. The molecule has 2 aromatic carbocycles. The number of nitrogens with zero attached hydrogens (tertiary/aromatic N) is 2. The molecular weight excluding hydrogens is 491 g/mol. The second-order valence-electron chi connectivity index (χ2n) is 6.84. The maximum Gasteiger partial charge on any atom is 0.293 e. The average molecular weight is 505 g/mol. The van der Waals surface area contributed by atoms with E-state index in [2.05, 4.69) is 20.6 Å². The van der Waals surface area contributed by atoms with E-state index in [1.54, 1.807) is 48.5 Å². The number of rotatable bonds is 5. The Bertz CT molecular complexity index is 1520. The van der Waals surface area contributed by atoms with Crippen LogP contribution in [0.4, 0.5) is 11.4 Å². The lowest BCUT2D eigenvalue weighted by atomic mass is 10.2. The molecule has 0 fully saturated rings. The molecule has 9 nitrogen and oxygen atoms in total. The molecule has 2 amide bonds. The monoisotopic (exact) mass is 504 g/mol. The fourth-order valence-electron chi connectivity index (χ4n) is 2.95. The Balaban J connectivity index is 1.73. The molecule has 0 atom stereocenters. The number of amides is 2. The number of nitrogens with one attached hydrogen (secondary N) is 2. The second kappa shape index (κ2) is 8.81. The Kier molecular flexibility index (Phi) is 6.07. The van der Waals surface area contributed by atoms with Crippen LogP contribution < -0.4 is 10.6 Å². The van der Waals surface area contributed by atoms with E-state index in [4.69, 9.17) is 27.6 Å². The summed E-state index contributed by atoms with van der Waals surface area (Å²) in [5.74, 6) is -1.68. The Morgan fingerprint density at radius 1 is 1.00 bits per heavy atom. The lowest BCUT2D eigenvalue weighted by molar-refractivity contribution is 0.0999. The zero-order chi connectivity index (χ0) is 23.8. The molecule has 0 unspecified atom stereocenters. The van der Waals surface area contributed by atoms with Crippen molar-refractivity contribution in [2.45, 2.75) is 5.16 Å². The fourth-order valence-corrected chi connectivity index (χ4v) is 3.81. The summed E-state index contributed by atoms with van der Waals surface area (Å²) in [4.78, 5) is 33.3. The van der Waals surface area contributed by atoms with Crippen LogP contribution in [0, 0.1) is 0 Å². The first-order valence-corrected chi connectivity index (χ1v) is 11.9. The molecule has 0 aliphatic heterocycles. The molecule has 0 spiro atoms. The summed E-state index contributed by atoms with van der Waals surface area (Å²) in [6.07, 6.45) is 1.92. The van der Waals surface area contributed by atoms with Crippen LogP contribution in [0.25, 0.3) is 11.0 Å². The number of sulfone groups is 1. The number of para-hydroxylation sites is 1. The van der Waals surface area contributed by atoms with Crippen LogP contribution in [-0.4, -0.2) is 36.5 Å². The third-order valence-corrected chi connectivity index (χ3v) is 5.76. The van der Waals surface area contributed by atoms with Gasteiger partial charge in [-0.15, -0.1) is 0 Å². The van der Waals surface area contributed by atoms with Crippen molar-refractivity contribution in [2.24, 2.45) is 0 Å². The Morgan fingerprint density at radius 3 is 2.48 bits per heavy atom. The highest BCUT2D eigenvalue weighted by molar-refractivity contribution is 7.90. The van der Waals surface area contributed by atoms with E-state index in [1.807, 2.05) is 0 Å². The summed E-state index contributed by atoms with van der Waals surface area (Å²) in [5, 5.41) is 5.34. The molecule has 0 aliphatic carbocycles. The van der Waals surface area contributed by atoms with Gasteiger partial charge in [0.1, 0.15) is 11.3 Å². The number of anilines is 2. The van der Waals surface area contributed by atoms with E-state index in [0.717, 1.165) is 12.5 Å². The van der Waals surface area contributed by atoms with Crippen molar-refractivity contribution in [3.63, 3.8) is 0 Å². The van der Waals surface area contributed by atoms with Gasteiger partial charge in [0.2, 0.25) is 20.8 Å². The normalized spacial score (nSPS) is 11.4. The fraction of sp³-hybridized carbons (Fsp3) is 0.0476. The quantitative estimate of drug-likeness (QED) is 0.384. The number of carbonyl (C=O) groups excluding carboxylic acids is 2. The highest BCUT2D eigenvalue weighted by Gasteiger charge is 2.25. The van der Waals surface area contributed by atoms with Gasteiger partial charge in [0.15, 0.2) is 5.69 Å². The van der Waals surface area contributed by atoms with Gasteiger partial charge in [-0.05, 0) is 30.3 Å². The molecule has 168 valence electrons. The van der Waals surface area contributed by atoms with Gasteiger partial charge in [0, 0.05) is 22.4 Å². The first-order valence-electron chi connectivity index (χ1n) is 9.26. The molecule has 0 aliphatic rings. The molecule has 0 radical (unpaired) electrons. The van der Waals surface area contributed by atoms with E-state index >= 15 is 0 Å². The average Bonchev–Trinajstić information content (AvgIpc) is 3.12. The SMILES string of the molecule is CS(=O)(=O)c1ncc(Cl)c(C(=O)Nc2c(C(=O)Nc3cccc(Cl)c3)oc3ccccc23)n1. The van der Waals surface area contributed by atoms with E-state index < -0.39 is 26.8 Å². The van der Waals surface area contributed by atoms with Gasteiger partial charge in [-0.2, -0.15) is 0 Å². The van der Waals surface area contributed by atoms with Crippen molar-refractivity contribution in [1.82, 2.24) is 9.97 Å². The Hall–Kier alpha value is -3.47. The molecule has 0 saturated carbocycles. The molecule has 0 saturated heterocycles. The number of halogens is 2. The molecule has 2 N–H and O–H groups in total. The van der Waals surface area contributed by atoms with Gasteiger partial charge in [-0.3, -0.25) is 9.59 Å². The topological polar surface area (TPSA) is 131 Å². The Morgan fingerprint density at radius 2 is 1.76 bits per heavy atom. The highest BCUT2D eigenvalue weighted by Crippen LogP contribution is 2.32. The molecule has 2 aromatic heterocycles. The first-order chi connectivity index (χ1) is 15.6. The molecule has 2 heterocycles. The summed E-state index contributed by atoms with van der Waals surface area (Å²) in [5.41, 5.74) is 0.445. The number of fused-ring (bicyclic) bond motifs is 1. The van der Waals surface area contributed by atoms with E-state index in [1.165, 1.54) is 0 Å². The lowest BCUT2D eigenvalue weighted by Gasteiger charge is -2.08. The maximum absolute atomic E-state index is 13.0. The molecule has 0 bridgehead atoms. The van der Waals surface area contributed by atoms with Crippen LogP contribution in [0.1, 0.15) is 21.0 Å². The van der Waals surface area contributed by atoms with Gasteiger partial charge in [-0.25, -0.2) is 18.4 Å².